The van der Waals surface area contributed by atoms with Crippen molar-refractivity contribution in [3.8, 4) is 34.1 Å². The van der Waals surface area contributed by atoms with Crippen molar-refractivity contribution in [1.29, 1.82) is 0 Å². The fourth-order valence-electron chi connectivity index (χ4n) is 6.76. The molecule has 1 saturated heterocycles. The summed E-state index contributed by atoms with van der Waals surface area (Å²) in [4.78, 5) is 32.8. The van der Waals surface area contributed by atoms with Gasteiger partial charge in [0.15, 0.2) is 0 Å². The molecule has 0 atom stereocenters. The number of rotatable bonds is 13. The highest BCUT2D eigenvalue weighted by Gasteiger charge is 2.24. The molecule has 7 rings (SSSR count). The van der Waals surface area contributed by atoms with E-state index in [0.29, 0.717) is 45.7 Å². The molecule has 2 N–H and O–H groups in total. The highest BCUT2D eigenvalue weighted by atomic mass is 19.1. The molecule has 3 aromatic carbocycles. The van der Waals surface area contributed by atoms with Crippen molar-refractivity contribution < 1.29 is 27.8 Å². The number of carbonyl (C=O) groups is 1. The van der Waals surface area contributed by atoms with Gasteiger partial charge in [0.2, 0.25) is 5.95 Å². The van der Waals surface area contributed by atoms with Gasteiger partial charge in [0.1, 0.15) is 34.5 Å². The molecule has 3 aromatic heterocycles. The minimum Gasteiger partial charge on any atom is -0.494 e. The number of hydrogen-bond acceptors (Lipinski definition) is 10. The quantitative estimate of drug-likeness (QED) is 0.125. The minimum absolute atomic E-state index is 0.0777. The molecule has 4 heterocycles. The number of aromatic nitrogens is 4. The van der Waals surface area contributed by atoms with Crippen LogP contribution in [-0.4, -0.2) is 90.3 Å². The van der Waals surface area contributed by atoms with Crippen LogP contribution >= 0.6 is 0 Å². The number of ether oxygens (including phenoxy) is 3. The lowest BCUT2D eigenvalue weighted by atomic mass is 10.0. The molecule has 1 amide bonds. The lowest BCUT2D eigenvalue weighted by Crippen LogP contribution is -2.47. The van der Waals surface area contributed by atoms with E-state index in [1.807, 2.05) is 34.9 Å². The average molecular weight is 749 g/mol. The van der Waals surface area contributed by atoms with Crippen LogP contribution in [0.3, 0.4) is 0 Å². The van der Waals surface area contributed by atoms with Gasteiger partial charge in [-0.1, -0.05) is 12.1 Å². The highest BCUT2D eigenvalue weighted by Crippen LogP contribution is 2.37. The van der Waals surface area contributed by atoms with E-state index in [1.165, 1.54) is 6.07 Å². The summed E-state index contributed by atoms with van der Waals surface area (Å²) in [5.74, 6) is -1.29. The van der Waals surface area contributed by atoms with Crippen LogP contribution in [0.15, 0.2) is 85.2 Å². The van der Waals surface area contributed by atoms with Crippen LogP contribution < -0.4 is 25.0 Å². The van der Waals surface area contributed by atoms with Crippen LogP contribution in [0.2, 0.25) is 0 Å². The summed E-state index contributed by atoms with van der Waals surface area (Å²) in [6.45, 7) is 9.48. The number of carbonyl (C=O) groups excluding carboxylic acids is 1. The molecular formula is C41H42F2N8O4. The second kappa shape index (κ2) is 16.5. The van der Waals surface area contributed by atoms with E-state index in [0.717, 1.165) is 62.7 Å². The molecule has 14 heteroatoms. The third kappa shape index (κ3) is 7.91. The van der Waals surface area contributed by atoms with Crippen LogP contribution in [-0.2, 0) is 4.74 Å². The van der Waals surface area contributed by atoms with E-state index >= 15 is 0 Å². The third-order valence-electron chi connectivity index (χ3n) is 9.52. The molecule has 1 aliphatic heterocycles. The molecule has 0 saturated carbocycles. The van der Waals surface area contributed by atoms with E-state index in [9.17, 15) is 13.6 Å². The molecule has 0 aliphatic carbocycles. The standard InChI is InChI=1S/C41H42F2N8O4/c1-5-55-34-13-12-27(24-28(34)40(52)48-38-29(42)9-8-10-30(38)43)37-39(51-16-7-6-11-36(51)47-37)31-14-15-44-41(45-31)46-32-23-26(2)33(25-35(32)54-4)50-19-17-49(18-20-50)21-22-53-3/h6-16,23-25H,5,17-22H2,1-4H3,(H,48,52)(H,44,45,46). The lowest BCUT2D eigenvalue weighted by molar-refractivity contribution is 0.102. The van der Waals surface area contributed by atoms with Gasteiger partial charge in [0.25, 0.3) is 5.91 Å². The maximum atomic E-state index is 14.5. The van der Waals surface area contributed by atoms with Crippen LogP contribution in [0, 0.1) is 18.6 Å². The van der Waals surface area contributed by atoms with Gasteiger partial charge in [-0.05, 0) is 74.0 Å². The number of amides is 1. The molecule has 284 valence electrons. The van der Waals surface area contributed by atoms with E-state index in [2.05, 4.69) is 38.4 Å². The zero-order valence-electron chi connectivity index (χ0n) is 31.1. The monoisotopic (exact) mass is 748 g/mol. The Kier molecular flexibility index (Phi) is 11.2. The largest absolute Gasteiger partial charge is 0.494 e. The maximum Gasteiger partial charge on any atom is 0.259 e. The Hall–Kier alpha value is -6.12. The number of imidazole rings is 1. The van der Waals surface area contributed by atoms with Crippen LogP contribution in [0.25, 0.3) is 28.3 Å². The van der Waals surface area contributed by atoms with Gasteiger partial charge in [-0.15, -0.1) is 0 Å². The van der Waals surface area contributed by atoms with Crippen molar-refractivity contribution in [2.75, 3.05) is 75.7 Å². The Morgan fingerprint density at radius 3 is 2.45 bits per heavy atom. The Morgan fingerprint density at radius 2 is 1.71 bits per heavy atom. The maximum absolute atomic E-state index is 14.5. The van der Waals surface area contributed by atoms with Gasteiger partial charge >= 0.3 is 0 Å². The van der Waals surface area contributed by atoms with E-state index < -0.39 is 23.2 Å². The van der Waals surface area contributed by atoms with Gasteiger partial charge in [0.05, 0.1) is 48.7 Å². The molecule has 0 spiro atoms. The topological polar surface area (TPSA) is 118 Å². The van der Waals surface area contributed by atoms with Crippen molar-refractivity contribution >= 4 is 34.6 Å². The van der Waals surface area contributed by atoms with E-state index in [4.69, 9.17) is 24.2 Å². The first kappa shape index (κ1) is 37.2. The van der Waals surface area contributed by atoms with Crippen LogP contribution in [0.1, 0.15) is 22.8 Å². The summed E-state index contributed by atoms with van der Waals surface area (Å²) in [6.07, 6.45) is 3.54. The number of anilines is 4. The summed E-state index contributed by atoms with van der Waals surface area (Å²) < 4.78 is 47.8. The fraction of sp³-hybridized carbons (Fsp3) is 0.268. The summed E-state index contributed by atoms with van der Waals surface area (Å²) in [7, 11) is 3.37. The summed E-state index contributed by atoms with van der Waals surface area (Å²) >= 11 is 0. The predicted octanol–water partition coefficient (Wildman–Crippen LogP) is 7.22. The molecule has 0 radical (unpaired) electrons. The molecule has 6 aromatic rings. The number of piperazine rings is 1. The number of aryl methyl sites for hydroxylation is 1. The molecule has 0 bridgehead atoms. The first-order valence-electron chi connectivity index (χ1n) is 18.0. The zero-order valence-corrected chi connectivity index (χ0v) is 31.1. The molecule has 1 aliphatic rings. The van der Waals surface area contributed by atoms with E-state index in [-0.39, 0.29) is 17.9 Å². The molecule has 0 unspecified atom stereocenters. The summed E-state index contributed by atoms with van der Waals surface area (Å²) in [5.41, 5.74) is 5.35. The van der Waals surface area contributed by atoms with Gasteiger partial charge in [0, 0.05) is 69.5 Å². The Bertz CT molecular complexity index is 2310. The summed E-state index contributed by atoms with van der Waals surface area (Å²) in [5, 5.41) is 5.74. The van der Waals surface area contributed by atoms with E-state index in [1.54, 1.807) is 51.6 Å². The number of hydrogen-bond donors (Lipinski definition) is 2. The van der Waals surface area contributed by atoms with Crippen molar-refractivity contribution in [3.05, 3.63) is 108 Å². The predicted molar refractivity (Wildman–Crippen MR) is 209 cm³/mol. The Balaban J connectivity index is 1.21. The van der Waals surface area contributed by atoms with Crippen molar-refractivity contribution in [2.45, 2.75) is 13.8 Å². The highest BCUT2D eigenvalue weighted by molar-refractivity contribution is 6.07. The second-order valence-electron chi connectivity index (χ2n) is 13.0. The first-order chi connectivity index (χ1) is 26.8. The zero-order chi connectivity index (χ0) is 38.5. The lowest BCUT2D eigenvalue weighted by Gasteiger charge is -2.37. The van der Waals surface area contributed by atoms with Gasteiger partial charge in [-0.2, -0.15) is 0 Å². The molecular weight excluding hydrogens is 706 g/mol. The third-order valence-corrected chi connectivity index (χ3v) is 9.52. The molecule has 1 fully saturated rings. The number of pyridine rings is 1. The number of methoxy groups -OCH3 is 2. The average Bonchev–Trinajstić information content (AvgIpc) is 3.59. The number of fused-ring (bicyclic) bond motifs is 1. The van der Waals surface area contributed by atoms with Gasteiger partial charge in [-0.3, -0.25) is 14.1 Å². The number of para-hydroxylation sites is 1. The van der Waals surface area contributed by atoms with Gasteiger partial charge < -0.3 is 29.7 Å². The van der Waals surface area contributed by atoms with Crippen LogP contribution in [0.4, 0.5) is 31.8 Å². The second-order valence-corrected chi connectivity index (χ2v) is 13.0. The van der Waals surface area contributed by atoms with Crippen molar-refractivity contribution in [2.24, 2.45) is 0 Å². The van der Waals surface area contributed by atoms with Gasteiger partial charge in [-0.25, -0.2) is 23.7 Å². The van der Waals surface area contributed by atoms with Crippen molar-refractivity contribution in [1.82, 2.24) is 24.3 Å². The normalized spacial score (nSPS) is 13.2. The smallest absolute Gasteiger partial charge is 0.259 e. The number of halogens is 2. The minimum atomic E-state index is -0.894. The SMILES string of the molecule is CCOc1ccc(-c2nc3ccccn3c2-c2ccnc(Nc3cc(C)c(N4CCN(CCOC)CC4)cc3OC)n2)cc1C(=O)Nc1c(F)cccc1F. The Labute approximate surface area is 317 Å². The Morgan fingerprint density at radius 1 is 0.909 bits per heavy atom. The first-order valence-corrected chi connectivity index (χ1v) is 18.0. The molecule has 12 nitrogen and oxygen atoms in total. The molecule has 55 heavy (non-hydrogen) atoms. The summed E-state index contributed by atoms with van der Waals surface area (Å²) in [6, 6.07) is 19.9. The number of nitrogens with one attached hydrogen (secondary N) is 2. The van der Waals surface area contributed by atoms with Crippen LogP contribution in [0.5, 0.6) is 11.5 Å². The number of benzene rings is 3. The number of nitrogens with zero attached hydrogens (tertiary/aromatic N) is 6. The van der Waals surface area contributed by atoms with Crippen molar-refractivity contribution in [3.63, 3.8) is 0 Å². The fourth-order valence-corrected chi connectivity index (χ4v) is 6.76.